The zero-order chi connectivity index (χ0) is 14.6. The second kappa shape index (κ2) is 4.36. The van der Waals surface area contributed by atoms with E-state index in [-0.39, 0.29) is 28.4 Å². The molecule has 0 radical (unpaired) electrons. The number of hydrogen-bond donors (Lipinski definition) is 1. The van der Waals surface area contributed by atoms with Crippen LogP contribution in [0.4, 0.5) is 5.82 Å². The second-order valence-corrected chi connectivity index (χ2v) is 5.95. The summed E-state index contributed by atoms with van der Waals surface area (Å²) in [4.78, 5) is 41.5. The normalized spacial score (nSPS) is 17.0. The van der Waals surface area contributed by atoms with Gasteiger partial charge in [-0.25, -0.2) is 0 Å². The maximum atomic E-state index is 12.7. The Labute approximate surface area is 123 Å². The lowest BCUT2D eigenvalue weighted by Gasteiger charge is -2.18. The molecule has 2 aromatic heterocycles. The van der Waals surface area contributed by atoms with Crippen LogP contribution in [0.1, 0.15) is 44.1 Å². The van der Waals surface area contributed by atoms with E-state index in [1.807, 2.05) is 4.90 Å². The maximum absolute atomic E-state index is 12.7. The molecule has 1 aliphatic heterocycles. The summed E-state index contributed by atoms with van der Waals surface area (Å²) in [6, 6.07) is 2.67. The Balaban J connectivity index is 1.92. The van der Waals surface area contributed by atoms with Crippen molar-refractivity contribution in [3.8, 4) is 0 Å². The molecule has 2 aromatic rings. The van der Waals surface area contributed by atoms with Crippen LogP contribution in [0.3, 0.4) is 0 Å². The quantitative estimate of drug-likeness (QED) is 0.730. The SMILES string of the molecule is O=C1c2ccc(=O)[nH]c2C(=O)c2c(N3CCCC3)nsc21. The first-order valence-electron chi connectivity index (χ1n) is 6.74. The van der Waals surface area contributed by atoms with Gasteiger partial charge in [0.25, 0.3) is 0 Å². The Morgan fingerprint density at radius 3 is 2.62 bits per heavy atom. The van der Waals surface area contributed by atoms with E-state index >= 15 is 0 Å². The number of anilines is 1. The van der Waals surface area contributed by atoms with Gasteiger partial charge in [0.05, 0.1) is 11.1 Å². The first kappa shape index (κ1) is 12.5. The van der Waals surface area contributed by atoms with Crippen LogP contribution in [0.2, 0.25) is 0 Å². The number of hydrogen-bond acceptors (Lipinski definition) is 6. The number of pyridine rings is 1. The summed E-state index contributed by atoms with van der Waals surface area (Å²) in [5.74, 6) is 0.0351. The molecule has 1 fully saturated rings. The number of fused-ring (bicyclic) bond motifs is 2. The summed E-state index contributed by atoms with van der Waals surface area (Å²) < 4.78 is 4.32. The van der Waals surface area contributed by atoms with Crippen molar-refractivity contribution in [3.05, 3.63) is 44.2 Å². The van der Waals surface area contributed by atoms with Gasteiger partial charge in [0, 0.05) is 19.2 Å². The molecule has 4 rings (SSSR count). The van der Waals surface area contributed by atoms with Gasteiger partial charge in [0.15, 0.2) is 5.82 Å². The minimum atomic E-state index is -0.385. The maximum Gasteiger partial charge on any atom is 0.248 e. The van der Waals surface area contributed by atoms with Gasteiger partial charge in [-0.2, -0.15) is 4.37 Å². The first-order chi connectivity index (χ1) is 10.2. The minimum Gasteiger partial charge on any atom is -0.355 e. The van der Waals surface area contributed by atoms with Crippen LogP contribution in [0, 0.1) is 0 Å². The van der Waals surface area contributed by atoms with Gasteiger partial charge in [-0.05, 0) is 30.4 Å². The molecule has 0 spiro atoms. The Bertz CT molecular complexity index is 830. The summed E-state index contributed by atoms with van der Waals surface area (Å²) >= 11 is 1.06. The van der Waals surface area contributed by atoms with Gasteiger partial charge in [-0.3, -0.25) is 14.4 Å². The van der Waals surface area contributed by atoms with Crippen molar-refractivity contribution in [1.82, 2.24) is 9.36 Å². The Kier molecular flexibility index (Phi) is 2.58. The van der Waals surface area contributed by atoms with Crippen LogP contribution >= 0.6 is 11.5 Å². The van der Waals surface area contributed by atoms with Gasteiger partial charge >= 0.3 is 0 Å². The highest BCUT2D eigenvalue weighted by Crippen LogP contribution is 2.36. The molecule has 21 heavy (non-hydrogen) atoms. The average Bonchev–Trinajstić information content (AvgIpc) is 3.13. The zero-order valence-corrected chi connectivity index (χ0v) is 11.8. The molecule has 0 atom stereocenters. The molecule has 0 aromatic carbocycles. The van der Waals surface area contributed by atoms with E-state index in [4.69, 9.17) is 0 Å². The third-order valence-corrected chi connectivity index (χ3v) is 4.74. The number of carbonyl (C=O) groups is 2. The summed E-state index contributed by atoms with van der Waals surface area (Å²) in [7, 11) is 0. The standard InChI is InChI=1S/C14H11N3O3S/c18-8-4-3-7-10(15-8)12(20)9-13(11(7)19)21-16-14(9)17-5-1-2-6-17/h3-4H,1-2,5-6H2,(H,15,18). The predicted molar refractivity (Wildman–Crippen MR) is 77.5 cm³/mol. The molecular formula is C14H11N3O3S. The molecule has 6 nitrogen and oxygen atoms in total. The summed E-state index contributed by atoms with van der Waals surface area (Å²) in [5, 5.41) is 0. The van der Waals surface area contributed by atoms with Crippen molar-refractivity contribution in [2.75, 3.05) is 18.0 Å². The van der Waals surface area contributed by atoms with Gasteiger partial charge in [0.2, 0.25) is 17.1 Å². The molecule has 1 aliphatic carbocycles. The fraction of sp³-hybridized carbons (Fsp3) is 0.286. The van der Waals surface area contributed by atoms with Crippen LogP contribution in [0.5, 0.6) is 0 Å². The van der Waals surface area contributed by atoms with E-state index in [9.17, 15) is 14.4 Å². The van der Waals surface area contributed by atoms with Crippen molar-refractivity contribution in [2.45, 2.75) is 12.8 Å². The number of aromatic amines is 1. The number of nitrogens with one attached hydrogen (secondary N) is 1. The van der Waals surface area contributed by atoms with Crippen LogP contribution in [-0.4, -0.2) is 34.0 Å². The van der Waals surface area contributed by atoms with Crippen molar-refractivity contribution in [3.63, 3.8) is 0 Å². The van der Waals surface area contributed by atoms with Gasteiger partial charge < -0.3 is 9.88 Å². The lowest BCUT2D eigenvalue weighted by atomic mass is 9.92. The molecule has 1 saturated heterocycles. The minimum absolute atomic E-state index is 0.0839. The van der Waals surface area contributed by atoms with E-state index in [0.717, 1.165) is 37.5 Å². The average molecular weight is 301 g/mol. The predicted octanol–water partition coefficient (Wildman–Crippen LogP) is 1.21. The number of rotatable bonds is 1. The topological polar surface area (TPSA) is 83.1 Å². The molecule has 0 saturated carbocycles. The van der Waals surface area contributed by atoms with Gasteiger partial charge in [0.1, 0.15) is 10.6 Å². The lowest BCUT2D eigenvalue weighted by molar-refractivity contribution is 0.0978. The summed E-state index contributed by atoms with van der Waals surface area (Å²) in [6.07, 6.45) is 2.11. The van der Waals surface area contributed by atoms with Crippen molar-refractivity contribution in [1.29, 1.82) is 0 Å². The monoisotopic (exact) mass is 301 g/mol. The molecular weight excluding hydrogens is 290 g/mol. The largest absolute Gasteiger partial charge is 0.355 e. The third kappa shape index (κ3) is 1.70. The van der Waals surface area contributed by atoms with Crippen molar-refractivity contribution in [2.24, 2.45) is 0 Å². The van der Waals surface area contributed by atoms with Crippen LogP contribution in [0.25, 0.3) is 0 Å². The third-order valence-electron chi connectivity index (χ3n) is 3.90. The van der Waals surface area contributed by atoms with E-state index < -0.39 is 0 Å². The molecule has 3 heterocycles. The highest BCUT2D eigenvalue weighted by Gasteiger charge is 2.37. The van der Waals surface area contributed by atoms with Crippen LogP contribution in [0.15, 0.2) is 16.9 Å². The Morgan fingerprint density at radius 2 is 1.86 bits per heavy atom. The number of ketones is 2. The fourth-order valence-electron chi connectivity index (χ4n) is 2.88. The Hall–Kier alpha value is -2.28. The van der Waals surface area contributed by atoms with E-state index in [1.54, 1.807) is 0 Å². The van der Waals surface area contributed by atoms with Crippen LogP contribution in [-0.2, 0) is 0 Å². The second-order valence-electron chi connectivity index (χ2n) is 5.17. The fourth-order valence-corrected chi connectivity index (χ4v) is 3.73. The van der Waals surface area contributed by atoms with Crippen molar-refractivity contribution >= 4 is 28.9 Å². The summed E-state index contributed by atoms with van der Waals surface area (Å²) in [5.41, 5.74) is 0.301. The zero-order valence-electron chi connectivity index (χ0n) is 11.0. The van der Waals surface area contributed by atoms with E-state index in [0.29, 0.717) is 16.3 Å². The number of nitrogens with zero attached hydrogens (tertiary/aromatic N) is 2. The highest BCUT2D eigenvalue weighted by atomic mass is 32.1. The molecule has 0 amide bonds. The van der Waals surface area contributed by atoms with Crippen LogP contribution < -0.4 is 10.5 Å². The molecule has 7 heteroatoms. The smallest absolute Gasteiger partial charge is 0.248 e. The number of H-pyrrole nitrogens is 1. The molecule has 2 aliphatic rings. The van der Waals surface area contributed by atoms with E-state index in [2.05, 4.69) is 9.36 Å². The Morgan fingerprint density at radius 1 is 1.10 bits per heavy atom. The molecule has 0 unspecified atom stereocenters. The molecule has 0 bridgehead atoms. The van der Waals surface area contributed by atoms with Crippen molar-refractivity contribution < 1.29 is 9.59 Å². The molecule has 106 valence electrons. The number of carbonyl (C=O) groups excluding carboxylic acids is 2. The number of aromatic nitrogens is 2. The first-order valence-corrected chi connectivity index (χ1v) is 7.51. The highest BCUT2D eigenvalue weighted by molar-refractivity contribution is 7.09. The lowest BCUT2D eigenvalue weighted by Crippen LogP contribution is -2.27. The van der Waals surface area contributed by atoms with Gasteiger partial charge in [-0.1, -0.05) is 0 Å². The molecule has 1 N–H and O–H groups in total. The summed E-state index contributed by atoms with van der Waals surface area (Å²) in [6.45, 7) is 1.69. The van der Waals surface area contributed by atoms with E-state index in [1.165, 1.54) is 12.1 Å². The van der Waals surface area contributed by atoms with Gasteiger partial charge in [-0.15, -0.1) is 0 Å².